The lowest BCUT2D eigenvalue weighted by atomic mass is 10.0. The number of nitrogens with zero attached hydrogens (tertiary/aromatic N) is 1. The van der Waals surface area contributed by atoms with Gasteiger partial charge in [-0.3, -0.25) is 0 Å². The predicted octanol–water partition coefficient (Wildman–Crippen LogP) is 2.51. The van der Waals surface area contributed by atoms with E-state index in [0.29, 0.717) is 5.69 Å². The minimum atomic E-state index is 0.615. The summed E-state index contributed by atoms with van der Waals surface area (Å²) in [7, 11) is 0. The fourth-order valence-electron chi connectivity index (χ4n) is 1.56. The maximum absolute atomic E-state index is 5.42. The Labute approximate surface area is 89.2 Å². The summed E-state index contributed by atoms with van der Waals surface area (Å²) in [5.74, 6) is 5.13. The van der Waals surface area contributed by atoms with Crippen LogP contribution in [0.5, 0.6) is 0 Å². The van der Waals surface area contributed by atoms with Crippen molar-refractivity contribution >= 4 is 10.9 Å². The first-order valence-corrected chi connectivity index (χ1v) is 4.60. The van der Waals surface area contributed by atoms with Crippen molar-refractivity contribution in [2.24, 2.45) is 0 Å². The Morgan fingerprint density at radius 1 is 1.07 bits per heavy atom. The molecule has 0 bridgehead atoms. The van der Waals surface area contributed by atoms with Crippen LogP contribution in [0.1, 0.15) is 16.8 Å². The third kappa shape index (κ3) is 1.45. The molecule has 0 amide bonds. The zero-order valence-corrected chi connectivity index (χ0v) is 8.41. The topological polar surface area (TPSA) is 12.9 Å². The largest absolute Gasteiger partial charge is 0.238 e. The highest BCUT2D eigenvalue weighted by atomic mass is 14.7. The van der Waals surface area contributed by atoms with Crippen molar-refractivity contribution in [2.45, 2.75) is 6.92 Å². The van der Waals surface area contributed by atoms with E-state index in [-0.39, 0.29) is 0 Å². The zero-order valence-electron chi connectivity index (χ0n) is 8.41. The van der Waals surface area contributed by atoms with Gasteiger partial charge in [0.05, 0.1) is 11.1 Å². The molecular weight excluding hydrogens is 182 g/mol. The van der Waals surface area contributed by atoms with Crippen LogP contribution in [0.15, 0.2) is 24.3 Å². The molecule has 0 aliphatic rings. The molecule has 1 nitrogen and oxygen atoms in total. The second-order valence-corrected chi connectivity index (χ2v) is 3.31. The maximum atomic E-state index is 5.42. The van der Waals surface area contributed by atoms with Crippen molar-refractivity contribution in [2.75, 3.05) is 0 Å². The molecular formula is C14H9N. The third-order valence-electron chi connectivity index (χ3n) is 2.38. The molecule has 0 unspecified atom stereocenters. The summed E-state index contributed by atoms with van der Waals surface area (Å²) in [6, 6.07) is 7.68. The molecule has 0 saturated carbocycles. The number of aromatic nitrogens is 1. The molecule has 0 saturated heterocycles. The van der Waals surface area contributed by atoms with Crippen LogP contribution in [0.3, 0.4) is 0 Å². The Morgan fingerprint density at radius 3 is 2.53 bits per heavy atom. The highest BCUT2D eigenvalue weighted by Gasteiger charge is 2.03. The summed E-state index contributed by atoms with van der Waals surface area (Å²) in [5.41, 5.74) is 3.37. The van der Waals surface area contributed by atoms with E-state index < -0.39 is 0 Å². The molecule has 15 heavy (non-hydrogen) atoms. The van der Waals surface area contributed by atoms with Crippen LogP contribution >= 0.6 is 0 Å². The lowest BCUT2D eigenvalue weighted by Crippen LogP contribution is -1.90. The molecule has 1 aromatic heterocycles. The summed E-state index contributed by atoms with van der Waals surface area (Å²) in [6.45, 7) is 2.03. The van der Waals surface area contributed by atoms with Crippen molar-refractivity contribution in [1.29, 1.82) is 0 Å². The van der Waals surface area contributed by atoms with Gasteiger partial charge in [0.1, 0.15) is 5.69 Å². The lowest BCUT2D eigenvalue weighted by Gasteiger charge is -2.04. The number of terminal acetylenes is 2. The second kappa shape index (κ2) is 3.48. The molecule has 2 aromatic rings. The minimum Gasteiger partial charge on any atom is -0.238 e. The molecule has 0 spiro atoms. The summed E-state index contributed by atoms with van der Waals surface area (Å²) in [6.07, 6.45) is 10.7. The van der Waals surface area contributed by atoms with Crippen LogP contribution in [0.4, 0.5) is 0 Å². The molecule has 0 aliphatic carbocycles. The van der Waals surface area contributed by atoms with E-state index in [9.17, 15) is 0 Å². The average Bonchev–Trinajstić information content (AvgIpc) is 2.29. The Kier molecular flexibility index (Phi) is 2.16. The van der Waals surface area contributed by atoms with Gasteiger partial charge in [-0.25, -0.2) is 4.98 Å². The van der Waals surface area contributed by atoms with Crippen LogP contribution in [0, 0.1) is 31.6 Å². The summed E-state index contributed by atoms with van der Waals surface area (Å²) in [4.78, 5) is 4.35. The number of hydrogen-bond acceptors (Lipinski definition) is 1. The smallest absolute Gasteiger partial charge is 0.113 e. The number of aryl methyl sites for hydroxylation is 1. The Morgan fingerprint density at radius 2 is 1.87 bits per heavy atom. The van der Waals surface area contributed by atoms with Gasteiger partial charge in [0.15, 0.2) is 0 Å². The lowest BCUT2D eigenvalue weighted by molar-refractivity contribution is 1.34. The average molecular weight is 191 g/mol. The number of rotatable bonds is 0. The third-order valence-corrected chi connectivity index (χ3v) is 2.38. The van der Waals surface area contributed by atoms with Crippen LogP contribution in [-0.2, 0) is 0 Å². The van der Waals surface area contributed by atoms with Gasteiger partial charge >= 0.3 is 0 Å². The summed E-state index contributed by atoms with van der Waals surface area (Å²) >= 11 is 0. The van der Waals surface area contributed by atoms with Crippen molar-refractivity contribution in [1.82, 2.24) is 4.98 Å². The van der Waals surface area contributed by atoms with Gasteiger partial charge in [0, 0.05) is 5.39 Å². The number of benzene rings is 1. The molecule has 0 fully saturated rings. The van der Waals surface area contributed by atoms with E-state index >= 15 is 0 Å². The molecule has 1 heteroatoms. The normalized spacial score (nSPS) is 9.53. The van der Waals surface area contributed by atoms with Gasteiger partial charge in [-0.2, -0.15) is 0 Å². The van der Waals surface area contributed by atoms with Crippen molar-refractivity contribution in [3.05, 3.63) is 41.1 Å². The van der Waals surface area contributed by atoms with Crippen LogP contribution in [0.2, 0.25) is 0 Å². The van der Waals surface area contributed by atoms with Crippen LogP contribution in [0.25, 0.3) is 10.9 Å². The Hall–Kier alpha value is -2.25. The van der Waals surface area contributed by atoms with Crippen molar-refractivity contribution in [3.8, 4) is 24.7 Å². The zero-order chi connectivity index (χ0) is 10.8. The number of pyridine rings is 1. The molecule has 1 aromatic carbocycles. The van der Waals surface area contributed by atoms with Crippen molar-refractivity contribution in [3.63, 3.8) is 0 Å². The highest BCUT2D eigenvalue weighted by Crippen LogP contribution is 2.20. The fraction of sp³-hybridized carbons (Fsp3) is 0.0714. The number of hydrogen-bond donors (Lipinski definition) is 0. The maximum Gasteiger partial charge on any atom is 0.113 e. The highest BCUT2D eigenvalue weighted by molar-refractivity contribution is 5.87. The molecule has 2 rings (SSSR count). The van der Waals surface area contributed by atoms with Gasteiger partial charge in [-0.1, -0.05) is 17.9 Å². The standard InChI is InChI=1S/C14H9N/c1-4-11-7-6-10(3)13-9-8-12(5-2)15-14(11)13/h1-2,6-9H,3H3. The quantitative estimate of drug-likeness (QED) is 0.583. The van der Waals surface area contributed by atoms with Gasteiger partial charge in [-0.05, 0) is 30.7 Å². The number of fused-ring (bicyclic) bond motifs is 1. The van der Waals surface area contributed by atoms with E-state index in [1.54, 1.807) is 0 Å². The van der Waals surface area contributed by atoms with Crippen molar-refractivity contribution < 1.29 is 0 Å². The molecule has 0 N–H and O–H groups in total. The predicted molar refractivity (Wildman–Crippen MR) is 62.4 cm³/mol. The summed E-state index contributed by atoms with van der Waals surface area (Å²) < 4.78 is 0. The summed E-state index contributed by atoms with van der Waals surface area (Å²) in [5, 5.41) is 1.06. The first-order valence-electron chi connectivity index (χ1n) is 4.60. The molecule has 70 valence electrons. The van der Waals surface area contributed by atoms with E-state index in [1.807, 2.05) is 31.2 Å². The van der Waals surface area contributed by atoms with Gasteiger partial charge in [-0.15, -0.1) is 12.8 Å². The molecule has 0 radical (unpaired) electrons. The van der Waals surface area contributed by atoms with E-state index in [0.717, 1.165) is 22.0 Å². The first-order chi connectivity index (χ1) is 7.26. The van der Waals surface area contributed by atoms with E-state index in [4.69, 9.17) is 12.8 Å². The van der Waals surface area contributed by atoms with Crippen LogP contribution < -0.4 is 0 Å². The molecule has 0 aliphatic heterocycles. The monoisotopic (exact) mass is 191 g/mol. The van der Waals surface area contributed by atoms with Gasteiger partial charge < -0.3 is 0 Å². The Balaban J connectivity index is 2.92. The van der Waals surface area contributed by atoms with E-state index in [2.05, 4.69) is 16.8 Å². The minimum absolute atomic E-state index is 0.615. The molecule has 0 atom stereocenters. The SMILES string of the molecule is C#Cc1ccc2c(C)ccc(C#C)c2n1. The second-order valence-electron chi connectivity index (χ2n) is 3.31. The first kappa shape index (κ1) is 9.31. The van der Waals surface area contributed by atoms with Gasteiger partial charge in [0.2, 0.25) is 0 Å². The Bertz CT molecular complexity index is 609. The van der Waals surface area contributed by atoms with Crippen LogP contribution in [-0.4, -0.2) is 4.98 Å². The van der Waals surface area contributed by atoms with Gasteiger partial charge in [0.25, 0.3) is 0 Å². The van der Waals surface area contributed by atoms with E-state index in [1.165, 1.54) is 0 Å². The fourth-order valence-corrected chi connectivity index (χ4v) is 1.56. The molecule has 1 heterocycles.